The summed E-state index contributed by atoms with van der Waals surface area (Å²) in [5.74, 6) is -0.300. The standard InChI is InChI=1S/C13H15NO3/c1-8(2)9-3-4-10-11(7-9)13(17)14(5-6-15)12(10)16/h3-4,7-8,15H,5-6H2,1-2H3. The summed E-state index contributed by atoms with van der Waals surface area (Å²) in [4.78, 5) is 24.9. The van der Waals surface area contributed by atoms with Crippen molar-refractivity contribution in [2.24, 2.45) is 0 Å². The van der Waals surface area contributed by atoms with E-state index < -0.39 is 0 Å². The van der Waals surface area contributed by atoms with Gasteiger partial charge in [0.25, 0.3) is 11.8 Å². The van der Waals surface area contributed by atoms with Gasteiger partial charge < -0.3 is 5.11 Å². The average Bonchev–Trinajstić information content (AvgIpc) is 2.54. The van der Waals surface area contributed by atoms with E-state index in [1.807, 2.05) is 19.9 Å². The molecule has 4 heteroatoms. The number of rotatable bonds is 3. The van der Waals surface area contributed by atoms with E-state index >= 15 is 0 Å². The molecule has 17 heavy (non-hydrogen) atoms. The fourth-order valence-electron chi connectivity index (χ4n) is 1.97. The summed E-state index contributed by atoms with van der Waals surface area (Å²) in [6.07, 6.45) is 0. The van der Waals surface area contributed by atoms with Crippen molar-refractivity contribution >= 4 is 11.8 Å². The van der Waals surface area contributed by atoms with E-state index in [0.717, 1.165) is 10.5 Å². The van der Waals surface area contributed by atoms with Gasteiger partial charge in [-0.2, -0.15) is 0 Å². The molecule has 1 N–H and O–H groups in total. The molecule has 0 atom stereocenters. The van der Waals surface area contributed by atoms with E-state index in [4.69, 9.17) is 5.11 Å². The summed E-state index contributed by atoms with van der Waals surface area (Å²) in [5, 5.41) is 8.84. The lowest BCUT2D eigenvalue weighted by molar-refractivity contribution is 0.0624. The number of aliphatic hydroxyl groups excluding tert-OH is 1. The van der Waals surface area contributed by atoms with E-state index in [1.165, 1.54) is 0 Å². The van der Waals surface area contributed by atoms with Crippen LogP contribution in [0.1, 0.15) is 46.0 Å². The van der Waals surface area contributed by atoms with E-state index in [-0.39, 0.29) is 25.0 Å². The van der Waals surface area contributed by atoms with Crippen LogP contribution in [0.25, 0.3) is 0 Å². The minimum atomic E-state index is -0.311. The molecule has 1 aromatic rings. The highest BCUT2D eigenvalue weighted by Crippen LogP contribution is 2.26. The zero-order valence-electron chi connectivity index (χ0n) is 9.93. The molecule has 0 unspecified atom stereocenters. The van der Waals surface area contributed by atoms with Crippen molar-refractivity contribution in [2.75, 3.05) is 13.2 Å². The lowest BCUT2D eigenvalue weighted by Crippen LogP contribution is -2.32. The van der Waals surface area contributed by atoms with Crippen LogP contribution in [0.3, 0.4) is 0 Å². The first-order chi connectivity index (χ1) is 8.06. The van der Waals surface area contributed by atoms with Crippen molar-refractivity contribution in [1.82, 2.24) is 4.90 Å². The van der Waals surface area contributed by atoms with Gasteiger partial charge in [0.05, 0.1) is 24.3 Å². The molecule has 0 spiro atoms. The average molecular weight is 233 g/mol. The van der Waals surface area contributed by atoms with Crippen LogP contribution in [-0.2, 0) is 0 Å². The van der Waals surface area contributed by atoms with Gasteiger partial charge in [0.2, 0.25) is 0 Å². The van der Waals surface area contributed by atoms with Crippen LogP contribution in [-0.4, -0.2) is 35.0 Å². The highest BCUT2D eigenvalue weighted by Gasteiger charge is 2.35. The third-order valence-corrected chi connectivity index (χ3v) is 2.99. The monoisotopic (exact) mass is 233 g/mol. The number of fused-ring (bicyclic) bond motifs is 1. The van der Waals surface area contributed by atoms with E-state index in [0.29, 0.717) is 17.0 Å². The summed E-state index contributed by atoms with van der Waals surface area (Å²) < 4.78 is 0. The number of β-amino-alcohol motifs (C(OH)–C–C–N with tert-alkyl or cyclic N) is 1. The number of amides is 2. The van der Waals surface area contributed by atoms with E-state index in [1.54, 1.807) is 12.1 Å². The molecule has 0 aromatic heterocycles. The molecule has 1 heterocycles. The van der Waals surface area contributed by atoms with Crippen LogP contribution in [0, 0.1) is 0 Å². The number of hydrogen-bond donors (Lipinski definition) is 1. The molecule has 0 aliphatic carbocycles. The summed E-state index contributed by atoms with van der Waals surface area (Å²) in [6.45, 7) is 3.93. The molecule has 1 aliphatic rings. The zero-order valence-corrected chi connectivity index (χ0v) is 9.93. The Morgan fingerprint density at radius 3 is 2.41 bits per heavy atom. The third-order valence-electron chi connectivity index (χ3n) is 2.99. The van der Waals surface area contributed by atoms with Gasteiger partial charge in [-0.3, -0.25) is 14.5 Å². The van der Waals surface area contributed by atoms with Gasteiger partial charge in [0.15, 0.2) is 0 Å². The molecule has 0 radical (unpaired) electrons. The third kappa shape index (κ3) is 1.85. The highest BCUT2D eigenvalue weighted by molar-refractivity contribution is 6.21. The van der Waals surface area contributed by atoms with Crippen LogP contribution in [0.15, 0.2) is 18.2 Å². The number of nitrogens with zero attached hydrogens (tertiary/aromatic N) is 1. The number of carbonyl (C=O) groups is 2. The second-order valence-electron chi connectivity index (χ2n) is 4.45. The number of aliphatic hydroxyl groups is 1. The molecule has 2 rings (SSSR count). The Morgan fingerprint density at radius 1 is 1.18 bits per heavy atom. The Morgan fingerprint density at radius 2 is 1.82 bits per heavy atom. The van der Waals surface area contributed by atoms with Crippen LogP contribution in [0.2, 0.25) is 0 Å². The highest BCUT2D eigenvalue weighted by atomic mass is 16.3. The first-order valence-electron chi connectivity index (χ1n) is 5.67. The molecule has 0 saturated carbocycles. The SMILES string of the molecule is CC(C)c1ccc2c(c1)C(=O)N(CCO)C2=O. The van der Waals surface area contributed by atoms with Gasteiger partial charge in [-0.15, -0.1) is 0 Å². The Kier molecular flexibility index (Phi) is 2.98. The van der Waals surface area contributed by atoms with E-state index in [2.05, 4.69) is 0 Å². The smallest absolute Gasteiger partial charge is 0.261 e. The van der Waals surface area contributed by atoms with Crippen molar-refractivity contribution in [3.8, 4) is 0 Å². The Balaban J connectivity index is 2.43. The summed E-state index contributed by atoms with van der Waals surface area (Å²) in [6, 6.07) is 5.34. The van der Waals surface area contributed by atoms with Gasteiger partial charge in [-0.25, -0.2) is 0 Å². The number of benzene rings is 1. The first kappa shape index (κ1) is 11.8. The van der Waals surface area contributed by atoms with Crippen LogP contribution in [0.5, 0.6) is 0 Å². The predicted molar refractivity (Wildman–Crippen MR) is 63.0 cm³/mol. The fraction of sp³-hybridized carbons (Fsp3) is 0.385. The van der Waals surface area contributed by atoms with Crippen molar-refractivity contribution in [1.29, 1.82) is 0 Å². The van der Waals surface area contributed by atoms with Crippen LogP contribution < -0.4 is 0 Å². The Bertz CT molecular complexity index is 480. The number of imide groups is 1. The lowest BCUT2D eigenvalue weighted by atomic mass is 9.98. The molecule has 0 saturated heterocycles. The van der Waals surface area contributed by atoms with Crippen LogP contribution in [0.4, 0.5) is 0 Å². The summed E-state index contributed by atoms with van der Waals surface area (Å²) >= 11 is 0. The number of hydrogen-bond acceptors (Lipinski definition) is 3. The van der Waals surface area contributed by atoms with Crippen LogP contribution >= 0.6 is 0 Å². The molecule has 1 aromatic carbocycles. The molecule has 0 fully saturated rings. The minimum Gasteiger partial charge on any atom is -0.395 e. The van der Waals surface area contributed by atoms with Crippen molar-refractivity contribution in [2.45, 2.75) is 19.8 Å². The molecule has 2 amide bonds. The normalized spacial score (nSPS) is 14.7. The Hall–Kier alpha value is -1.68. The second kappa shape index (κ2) is 4.30. The number of carbonyl (C=O) groups excluding carboxylic acids is 2. The quantitative estimate of drug-likeness (QED) is 0.803. The second-order valence-corrected chi connectivity index (χ2v) is 4.45. The lowest BCUT2D eigenvalue weighted by Gasteiger charge is -2.10. The minimum absolute atomic E-state index is 0.0589. The molecule has 0 bridgehead atoms. The Labute approximate surface area is 99.9 Å². The van der Waals surface area contributed by atoms with Gasteiger partial charge in [0, 0.05) is 0 Å². The van der Waals surface area contributed by atoms with Crippen molar-refractivity contribution in [3.05, 3.63) is 34.9 Å². The maximum Gasteiger partial charge on any atom is 0.261 e. The van der Waals surface area contributed by atoms with Gasteiger partial charge in [-0.05, 0) is 23.6 Å². The maximum absolute atomic E-state index is 12.0. The van der Waals surface area contributed by atoms with Gasteiger partial charge in [-0.1, -0.05) is 19.9 Å². The summed E-state index contributed by atoms with van der Waals surface area (Å²) in [7, 11) is 0. The van der Waals surface area contributed by atoms with Crippen molar-refractivity contribution < 1.29 is 14.7 Å². The fourth-order valence-corrected chi connectivity index (χ4v) is 1.97. The molecule has 1 aliphatic heterocycles. The molecule has 4 nitrogen and oxygen atoms in total. The van der Waals surface area contributed by atoms with E-state index in [9.17, 15) is 9.59 Å². The first-order valence-corrected chi connectivity index (χ1v) is 5.67. The predicted octanol–water partition coefficient (Wildman–Crippen LogP) is 1.40. The summed E-state index contributed by atoms with van der Waals surface area (Å²) in [5.41, 5.74) is 1.93. The van der Waals surface area contributed by atoms with Crippen molar-refractivity contribution in [3.63, 3.8) is 0 Å². The van der Waals surface area contributed by atoms with Gasteiger partial charge in [0.1, 0.15) is 0 Å². The topological polar surface area (TPSA) is 57.6 Å². The molecular formula is C13H15NO3. The maximum atomic E-state index is 12.0. The molecule has 90 valence electrons. The largest absolute Gasteiger partial charge is 0.395 e. The molecular weight excluding hydrogens is 218 g/mol. The zero-order chi connectivity index (χ0) is 12.6. The van der Waals surface area contributed by atoms with Gasteiger partial charge >= 0.3 is 0 Å².